The van der Waals surface area contributed by atoms with Crippen LogP contribution in [-0.4, -0.2) is 28.9 Å². The zero-order chi connectivity index (χ0) is 18.1. The highest BCUT2D eigenvalue weighted by atomic mass is 16.5. The average Bonchev–Trinajstić information content (AvgIpc) is 3.45. The Bertz CT molecular complexity index is 797. The van der Waals surface area contributed by atoms with E-state index in [0.29, 0.717) is 23.4 Å². The molecule has 2 fully saturated rings. The number of carbonyl (C=O) groups is 1. The summed E-state index contributed by atoms with van der Waals surface area (Å²) in [7, 11) is 1.42. The number of benzene rings is 1. The normalized spacial score (nSPS) is 23.0. The highest BCUT2D eigenvalue weighted by Gasteiger charge is 2.33. The van der Waals surface area contributed by atoms with Crippen molar-refractivity contribution < 1.29 is 9.53 Å². The molecule has 4 rings (SSSR count). The molecule has 2 aliphatic carbocycles. The summed E-state index contributed by atoms with van der Waals surface area (Å²) in [6.07, 6.45) is 8.40. The fourth-order valence-electron chi connectivity index (χ4n) is 4.13. The molecule has 0 saturated heterocycles. The number of ether oxygens (including phenoxy) is 1. The van der Waals surface area contributed by atoms with E-state index in [2.05, 4.69) is 34.8 Å². The molecule has 0 radical (unpaired) electrons. The quantitative estimate of drug-likeness (QED) is 0.490. The Morgan fingerprint density at radius 3 is 2.85 bits per heavy atom. The summed E-state index contributed by atoms with van der Waals surface area (Å²) in [6.45, 7) is 0. The van der Waals surface area contributed by atoms with Crippen molar-refractivity contribution in [1.82, 2.24) is 15.2 Å². The minimum absolute atomic E-state index is 0.307. The van der Waals surface area contributed by atoms with Crippen molar-refractivity contribution in [3.63, 3.8) is 0 Å². The van der Waals surface area contributed by atoms with E-state index in [4.69, 9.17) is 10.6 Å². The van der Waals surface area contributed by atoms with Crippen molar-refractivity contribution in [2.45, 2.75) is 56.4 Å². The largest absolute Gasteiger partial charge is 0.465 e. The van der Waals surface area contributed by atoms with Crippen LogP contribution in [0.2, 0.25) is 0 Å². The van der Waals surface area contributed by atoms with Gasteiger partial charge in [0, 0.05) is 12.0 Å². The topological polar surface area (TPSA) is 82.2 Å². The van der Waals surface area contributed by atoms with Crippen molar-refractivity contribution >= 4 is 5.97 Å². The fourth-order valence-corrected chi connectivity index (χ4v) is 4.13. The first-order valence-corrected chi connectivity index (χ1v) is 9.44. The number of hydrazine groups is 1. The molecule has 1 heterocycles. The maximum atomic E-state index is 12.1. The van der Waals surface area contributed by atoms with E-state index in [-0.39, 0.29) is 5.97 Å². The Kier molecular flexibility index (Phi) is 4.78. The Morgan fingerprint density at radius 2 is 2.12 bits per heavy atom. The number of aromatic nitrogens is 2. The predicted molar refractivity (Wildman–Crippen MR) is 99.2 cm³/mol. The third-order valence-electron chi connectivity index (χ3n) is 5.67. The summed E-state index contributed by atoms with van der Waals surface area (Å²) in [5.74, 6) is 6.26. The summed E-state index contributed by atoms with van der Waals surface area (Å²) in [4.78, 5) is 12.1. The van der Waals surface area contributed by atoms with Gasteiger partial charge in [0.15, 0.2) is 0 Å². The average molecular weight is 354 g/mol. The molecule has 1 aromatic carbocycles. The van der Waals surface area contributed by atoms with Gasteiger partial charge in [-0.25, -0.2) is 9.48 Å². The standard InChI is InChI=1S/C20H26N4O2/c1-26-20(25)18-12-22-24(19(18)13-8-9-13)17-7-3-5-15(11-17)14-4-2-6-16(10-14)23-21/h3,5,7,11-14,16,23H,2,4,6,8-10,21H2,1H3. The molecule has 0 spiro atoms. The molecule has 2 aliphatic rings. The van der Waals surface area contributed by atoms with Crippen LogP contribution < -0.4 is 11.3 Å². The van der Waals surface area contributed by atoms with E-state index in [0.717, 1.165) is 37.1 Å². The van der Waals surface area contributed by atoms with Crippen molar-refractivity contribution in [1.29, 1.82) is 0 Å². The molecule has 138 valence electrons. The fraction of sp³-hybridized carbons (Fsp3) is 0.500. The zero-order valence-corrected chi connectivity index (χ0v) is 15.1. The zero-order valence-electron chi connectivity index (χ0n) is 15.1. The number of hydrogen-bond acceptors (Lipinski definition) is 5. The van der Waals surface area contributed by atoms with E-state index in [1.165, 1.54) is 25.5 Å². The molecule has 0 amide bonds. The smallest absolute Gasteiger partial charge is 0.341 e. The van der Waals surface area contributed by atoms with Gasteiger partial charge in [-0.05, 0) is 55.7 Å². The molecular formula is C20H26N4O2. The van der Waals surface area contributed by atoms with E-state index in [9.17, 15) is 4.79 Å². The molecule has 3 N–H and O–H groups in total. The number of rotatable bonds is 5. The second-order valence-corrected chi connectivity index (χ2v) is 7.44. The summed E-state index contributed by atoms with van der Waals surface area (Å²) in [5.41, 5.74) is 6.84. The van der Waals surface area contributed by atoms with Crippen LogP contribution in [0.25, 0.3) is 5.69 Å². The van der Waals surface area contributed by atoms with Crippen LogP contribution in [0.4, 0.5) is 0 Å². The molecule has 0 aliphatic heterocycles. The van der Waals surface area contributed by atoms with Crippen LogP contribution in [0.1, 0.15) is 72.0 Å². The number of methoxy groups -OCH3 is 1. The van der Waals surface area contributed by atoms with Gasteiger partial charge in [0.1, 0.15) is 5.56 Å². The first kappa shape index (κ1) is 17.2. The highest BCUT2D eigenvalue weighted by molar-refractivity contribution is 5.90. The monoisotopic (exact) mass is 354 g/mol. The van der Waals surface area contributed by atoms with E-state index >= 15 is 0 Å². The number of carbonyl (C=O) groups excluding carboxylic acids is 1. The Balaban J connectivity index is 1.67. The van der Waals surface area contributed by atoms with E-state index in [1.807, 2.05) is 4.68 Å². The lowest BCUT2D eigenvalue weighted by molar-refractivity contribution is 0.0599. The van der Waals surface area contributed by atoms with Crippen LogP contribution in [-0.2, 0) is 4.74 Å². The second-order valence-electron chi connectivity index (χ2n) is 7.44. The molecule has 2 unspecified atom stereocenters. The third kappa shape index (κ3) is 3.27. The molecule has 6 nitrogen and oxygen atoms in total. The summed E-state index contributed by atoms with van der Waals surface area (Å²) in [5, 5.41) is 4.52. The highest BCUT2D eigenvalue weighted by Crippen LogP contribution is 2.43. The van der Waals surface area contributed by atoms with Gasteiger partial charge in [0.25, 0.3) is 0 Å². The van der Waals surface area contributed by atoms with Crippen molar-refractivity contribution in [3.8, 4) is 5.69 Å². The van der Waals surface area contributed by atoms with Crippen molar-refractivity contribution in [3.05, 3.63) is 47.3 Å². The van der Waals surface area contributed by atoms with Crippen LogP contribution in [0.15, 0.2) is 30.5 Å². The lowest BCUT2D eigenvalue weighted by atomic mass is 9.81. The predicted octanol–water partition coefficient (Wildman–Crippen LogP) is 3.03. The number of esters is 1. The van der Waals surface area contributed by atoms with Gasteiger partial charge in [-0.15, -0.1) is 0 Å². The number of nitrogens with zero attached hydrogens (tertiary/aromatic N) is 2. The Hall–Kier alpha value is -2.18. The van der Waals surface area contributed by atoms with Gasteiger partial charge in [-0.2, -0.15) is 5.10 Å². The molecule has 2 aromatic rings. The maximum Gasteiger partial charge on any atom is 0.341 e. The van der Waals surface area contributed by atoms with Crippen molar-refractivity contribution in [2.24, 2.45) is 5.84 Å². The van der Waals surface area contributed by atoms with Gasteiger partial charge >= 0.3 is 5.97 Å². The lowest BCUT2D eigenvalue weighted by Gasteiger charge is -2.29. The first-order chi connectivity index (χ1) is 12.7. The summed E-state index contributed by atoms with van der Waals surface area (Å²) >= 11 is 0. The Labute approximate surface area is 153 Å². The maximum absolute atomic E-state index is 12.1. The number of nitrogens with one attached hydrogen (secondary N) is 1. The first-order valence-electron chi connectivity index (χ1n) is 9.44. The summed E-state index contributed by atoms with van der Waals surface area (Å²) < 4.78 is 6.86. The van der Waals surface area contributed by atoms with Crippen molar-refractivity contribution in [2.75, 3.05) is 7.11 Å². The Morgan fingerprint density at radius 1 is 1.27 bits per heavy atom. The number of nitrogens with two attached hydrogens (primary N) is 1. The minimum atomic E-state index is -0.307. The third-order valence-corrected chi connectivity index (χ3v) is 5.67. The van der Waals surface area contributed by atoms with Crippen LogP contribution in [0.3, 0.4) is 0 Å². The molecule has 2 atom stereocenters. The molecular weight excluding hydrogens is 328 g/mol. The molecule has 1 aromatic heterocycles. The van der Waals surface area contributed by atoms with Crippen LogP contribution in [0.5, 0.6) is 0 Å². The van der Waals surface area contributed by atoms with Gasteiger partial charge in [0.2, 0.25) is 0 Å². The SMILES string of the molecule is COC(=O)c1cnn(-c2cccc(C3CCCC(NN)C3)c2)c1C1CC1. The van der Waals surface area contributed by atoms with Crippen LogP contribution >= 0.6 is 0 Å². The van der Waals surface area contributed by atoms with E-state index in [1.54, 1.807) is 6.20 Å². The van der Waals surface area contributed by atoms with Gasteiger partial charge in [0.05, 0.1) is 24.7 Å². The van der Waals surface area contributed by atoms with Gasteiger partial charge in [-0.1, -0.05) is 18.6 Å². The molecule has 2 saturated carbocycles. The summed E-state index contributed by atoms with van der Waals surface area (Å²) in [6, 6.07) is 8.93. The minimum Gasteiger partial charge on any atom is -0.465 e. The van der Waals surface area contributed by atoms with Crippen LogP contribution in [0, 0.1) is 0 Å². The molecule has 6 heteroatoms. The van der Waals surface area contributed by atoms with Gasteiger partial charge < -0.3 is 4.74 Å². The number of hydrogen-bond donors (Lipinski definition) is 2. The molecule has 26 heavy (non-hydrogen) atoms. The van der Waals surface area contributed by atoms with E-state index < -0.39 is 0 Å². The molecule has 0 bridgehead atoms. The van der Waals surface area contributed by atoms with Gasteiger partial charge in [-0.3, -0.25) is 11.3 Å². The lowest BCUT2D eigenvalue weighted by Crippen LogP contribution is -2.38. The second kappa shape index (κ2) is 7.21.